The van der Waals surface area contributed by atoms with E-state index in [0.29, 0.717) is 11.7 Å². The smallest absolute Gasteiger partial charge is 0.243 e. The lowest BCUT2D eigenvalue weighted by Gasteiger charge is -2.36. The molecule has 142 valence electrons. The monoisotopic (exact) mass is 402 g/mol. The molecule has 3 heterocycles. The van der Waals surface area contributed by atoms with E-state index in [2.05, 4.69) is 45.1 Å². The molecule has 5 nitrogen and oxygen atoms in total. The summed E-state index contributed by atoms with van der Waals surface area (Å²) in [4.78, 5) is 11.9. The maximum absolute atomic E-state index is 6.33. The predicted molar refractivity (Wildman–Crippen MR) is 109 cm³/mol. The first-order valence-electron chi connectivity index (χ1n) is 9.20. The molecule has 3 aromatic rings. The van der Waals surface area contributed by atoms with Gasteiger partial charge in [0.15, 0.2) is 5.82 Å². The van der Waals surface area contributed by atoms with Gasteiger partial charge in [0.2, 0.25) is 5.89 Å². The summed E-state index contributed by atoms with van der Waals surface area (Å²) in [5.74, 6) is 1.41. The second kappa shape index (κ2) is 8.10. The summed E-state index contributed by atoms with van der Waals surface area (Å²) >= 11 is 8.16. The van der Waals surface area contributed by atoms with Gasteiger partial charge in [-0.2, -0.15) is 4.98 Å². The summed E-state index contributed by atoms with van der Waals surface area (Å²) in [5.41, 5.74) is 1.11. The van der Waals surface area contributed by atoms with Crippen LogP contribution in [0.1, 0.15) is 29.6 Å². The van der Waals surface area contributed by atoms with Crippen molar-refractivity contribution in [2.24, 2.45) is 0 Å². The minimum Gasteiger partial charge on any atom is -0.338 e. The molecule has 2 aromatic heterocycles. The molecule has 0 radical (unpaired) electrons. The summed E-state index contributed by atoms with van der Waals surface area (Å²) in [5, 5.41) is 4.72. The third-order valence-electron chi connectivity index (χ3n) is 5.04. The van der Waals surface area contributed by atoms with Crippen LogP contribution < -0.4 is 0 Å². The molecule has 27 heavy (non-hydrogen) atoms. The molecule has 4 rings (SSSR count). The van der Waals surface area contributed by atoms with Crippen molar-refractivity contribution in [1.82, 2.24) is 19.9 Å². The van der Waals surface area contributed by atoms with Gasteiger partial charge in [-0.1, -0.05) is 35.0 Å². The lowest BCUT2D eigenvalue weighted by atomic mass is 10.2. The van der Waals surface area contributed by atoms with Crippen molar-refractivity contribution in [2.45, 2.75) is 26.4 Å². The van der Waals surface area contributed by atoms with Gasteiger partial charge in [-0.3, -0.25) is 9.80 Å². The molecule has 1 saturated heterocycles. The van der Waals surface area contributed by atoms with Gasteiger partial charge in [0.05, 0.1) is 6.04 Å². The topological polar surface area (TPSA) is 45.4 Å². The summed E-state index contributed by atoms with van der Waals surface area (Å²) in [6.07, 6.45) is 0. The molecule has 7 heteroatoms. The molecule has 1 aromatic carbocycles. The molecule has 0 amide bonds. The second-order valence-corrected chi connectivity index (χ2v) is 8.49. The molecule has 1 unspecified atom stereocenters. The van der Waals surface area contributed by atoms with E-state index in [4.69, 9.17) is 16.1 Å². The van der Waals surface area contributed by atoms with Gasteiger partial charge < -0.3 is 4.52 Å². The third kappa shape index (κ3) is 4.24. The van der Waals surface area contributed by atoms with Crippen molar-refractivity contribution in [3.8, 4) is 10.4 Å². The van der Waals surface area contributed by atoms with Gasteiger partial charge in [-0.05, 0) is 32.0 Å². The van der Waals surface area contributed by atoms with Crippen molar-refractivity contribution >= 4 is 22.9 Å². The van der Waals surface area contributed by atoms with Crippen molar-refractivity contribution in [3.63, 3.8) is 0 Å². The molecule has 1 atom stereocenters. The number of piperazine rings is 1. The van der Waals surface area contributed by atoms with E-state index < -0.39 is 0 Å². The summed E-state index contributed by atoms with van der Waals surface area (Å²) < 4.78 is 5.33. The minimum absolute atomic E-state index is 0.168. The standard InChI is InChI=1S/C20H23ClN4OS/c1-14(20-22-15(2)23-26-20)25-11-9-24(10-12-25)13-16-7-8-19(27-16)17-5-3-4-6-18(17)21/h3-8,14H,9-13H2,1-2H3. The number of benzene rings is 1. The van der Waals surface area contributed by atoms with E-state index in [-0.39, 0.29) is 6.04 Å². The van der Waals surface area contributed by atoms with Crippen LogP contribution in [0.25, 0.3) is 10.4 Å². The van der Waals surface area contributed by atoms with E-state index in [9.17, 15) is 0 Å². The Labute approximate surface area is 168 Å². The minimum atomic E-state index is 0.168. The van der Waals surface area contributed by atoms with Gasteiger partial charge in [0.1, 0.15) is 0 Å². The van der Waals surface area contributed by atoms with Gasteiger partial charge in [-0.25, -0.2) is 0 Å². The molecule has 1 aliphatic heterocycles. The number of halogens is 1. The number of thiophene rings is 1. The molecule has 0 aliphatic carbocycles. The number of hydrogen-bond acceptors (Lipinski definition) is 6. The van der Waals surface area contributed by atoms with Crippen molar-refractivity contribution in [1.29, 1.82) is 0 Å². The summed E-state index contributed by atoms with van der Waals surface area (Å²) in [7, 11) is 0. The zero-order valence-corrected chi connectivity index (χ0v) is 17.1. The molecule has 1 aliphatic rings. The van der Waals surface area contributed by atoms with Gasteiger partial charge in [0.25, 0.3) is 0 Å². The van der Waals surface area contributed by atoms with Crippen LogP contribution in [-0.4, -0.2) is 46.1 Å². The van der Waals surface area contributed by atoms with Crippen LogP contribution >= 0.6 is 22.9 Å². The lowest BCUT2D eigenvalue weighted by molar-refractivity contribution is 0.0850. The van der Waals surface area contributed by atoms with E-state index in [1.165, 1.54) is 9.75 Å². The molecule has 0 bridgehead atoms. The largest absolute Gasteiger partial charge is 0.338 e. The Bertz CT molecular complexity index is 901. The molecule has 0 saturated carbocycles. The zero-order chi connectivity index (χ0) is 18.8. The van der Waals surface area contributed by atoms with E-state index >= 15 is 0 Å². The van der Waals surface area contributed by atoms with Crippen LogP contribution in [0, 0.1) is 6.92 Å². The van der Waals surface area contributed by atoms with E-state index in [1.807, 2.05) is 36.5 Å². The average molecular weight is 403 g/mol. The SMILES string of the molecule is Cc1noc(C(C)N2CCN(Cc3ccc(-c4ccccc4Cl)s3)CC2)n1. The first-order valence-corrected chi connectivity index (χ1v) is 10.4. The third-order valence-corrected chi connectivity index (χ3v) is 6.47. The normalized spacial score (nSPS) is 17.3. The summed E-state index contributed by atoms with van der Waals surface area (Å²) in [6, 6.07) is 12.6. The highest BCUT2D eigenvalue weighted by Crippen LogP contribution is 2.33. The maximum atomic E-state index is 6.33. The Morgan fingerprint density at radius 3 is 2.63 bits per heavy atom. The Kier molecular flexibility index (Phi) is 5.59. The molecule has 1 fully saturated rings. The highest BCUT2D eigenvalue weighted by Gasteiger charge is 2.25. The fourth-order valence-corrected chi connectivity index (χ4v) is 4.82. The summed E-state index contributed by atoms with van der Waals surface area (Å²) in [6.45, 7) is 9.06. The predicted octanol–water partition coefficient (Wildman–Crippen LogP) is 4.64. The van der Waals surface area contributed by atoms with E-state index in [1.54, 1.807) is 0 Å². The van der Waals surface area contributed by atoms with Crippen molar-refractivity contribution in [2.75, 3.05) is 26.2 Å². The van der Waals surface area contributed by atoms with Crippen LogP contribution in [-0.2, 0) is 6.54 Å². The van der Waals surface area contributed by atoms with Crippen LogP contribution in [0.3, 0.4) is 0 Å². The number of aromatic nitrogens is 2. The van der Waals surface area contributed by atoms with Crippen LogP contribution in [0.4, 0.5) is 0 Å². The van der Waals surface area contributed by atoms with Crippen LogP contribution in [0.2, 0.25) is 5.02 Å². The lowest BCUT2D eigenvalue weighted by Crippen LogP contribution is -2.46. The second-order valence-electron chi connectivity index (χ2n) is 6.91. The number of nitrogens with zero attached hydrogens (tertiary/aromatic N) is 4. The molecular formula is C20H23ClN4OS. The van der Waals surface area contributed by atoms with Gasteiger partial charge >= 0.3 is 0 Å². The molecular weight excluding hydrogens is 380 g/mol. The van der Waals surface area contributed by atoms with Crippen molar-refractivity contribution < 1.29 is 4.52 Å². The molecule has 0 spiro atoms. The van der Waals surface area contributed by atoms with Gasteiger partial charge in [-0.15, -0.1) is 11.3 Å². The maximum Gasteiger partial charge on any atom is 0.243 e. The first-order chi connectivity index (χ1) is 13.1. The number of aryl methyl sites for hydroxylation is 1. The Hall–Kier alpha value is -1.73. The quantitative estimate of drug-likeness (QED) is 0.622. The number of rotatable bonds is 5. The zero-order valence-electron chi connectivity index (χ0n) is 15.6. The fourth-order valence-electron chi connectivity index (χ4n) is 3.44. The van der Waals surface area contributed by atoms with E-state index in [0.717, 1.165) is 43.3 Å². The molecule has 0 N–H and O–H groups in total. The highest BCUT2D eigenvalue weighted by molar-refractivity contribution is 7.15. The Morgan fingerprint density at radius 1 is 1.15 bits per heavy atom. The van der Waals surface area contributed by atoms with Crippen LogP contribution in [0.5, 0.6) is 0 Å². The average Bonchev–Trinajstić information content (AvgIpc) is 3.31. The number of hydrogen-bond donors (Lipinski definition) is 0. The highest BCUT2D eigenvalue weighted by atomic mass is 35.5. The van der Waals surface area contributed by atoms with Crippen LogP contribution in [0.15, 0.2) is 40.9 Å². The fraction of sp³-hybridized carbons (Fsp3) is 0.400. The first kappa shape index (κ1) is 18.6. The Morgan fingerprint density at radius 2 is 1.93 bits per heavy atom. The van der Waals surface area contributed by atoms with Gasteiger partial charge in [0, 0.05) is 53.1 Å². The Balaban J connectivity index is 1.34. The van der Waals surface area contributed by atoms with Crippen molar-refractivity contribution in [3.05, 3.63) is 58.0 Å².